The van der Waals surface area contributed by atoms with Gasteiger partial charge in [-0.25, -0.2) is 9.18 Å². The van der Waals surface area contributed by atoms with Crippen molar-refractivity contribution in [2.75, 3.05) is 26.7 Å². The number of nitrogens with zero attached hydrogens (tertiary/aromatic N) is 2. The van der Waals surface area contributed by atoms with Gasteiger partial charge in [0.05, 0.1) is 5.56 Å². The Morgan fingerprint density at radius 2 is 1.88 bits per heavy atom. The molecule has 0 unspecified atom stereocenters. The first-order valence-corrected chi connectivity index (χ1v) is 9.06. The van der Waals surface area contributed by atoms with E-state index in [1.165, 1.54) is 6.07 Å². The number of carbonyl (C=O) groups excluding carboxylic acids is 2. The van der Waals surface area contributed by atoms with Crippen LogP contribution in [0.2, 0.25) is 0 Å². The maximum atomic E-state index is 13.9. The predicted octanol–water partition coefficient (Wildman–Crippen LogP) is 3.85. The van der Waals surface area contributed by atoms with E-state index in [9.17, 15) is 14.0 Å². The maximum absolute atomic E-state index is 13.9. The van der Waals surface area contributed by atoms with E-state index >= 15 is 0 Å². The molecule has 1 saturated heterocycles. The number of ether oxygens (including phenoxy) is 1. The van der Waals surface area contributed by atoms with Crippen molar-refractivity contribution in [2.24, 2.45) is 5.92 Å². The van der Waals surface area contributed by atoms with E-state index in [4.69, 9.17) is 4.74 Å². The molecule has 0 spiro atoms. The van der Waals surface area contributed by atoms with Crippen molar-refractivity contribution in [2.45, 2.75) is 46.1 Å². The van der Waals surface area contributed by atoms with Gasteiger partial charge in [0.1, 0.15) is 11.4 Å². The Bertz CT molecular complexity index is 662. The first-order valence-electron chi connectivity index (χ1n) is 9.06. The highest BCUT2D eigenvalue weighted by Gasteiger charge is 2.28. The van der Waals surface area contributed by atoms with Crippen LogP contribution in [0.15, 0.2) is 18.2 Å². The SMILES string of the molecule is Cc1ccc(F)c(C(=O)N2CCC(CN(C)C(=O)OC(C)(C)C)CC2)c1. The zero-order chi connectivity index (χ0) is 19.5. The van der Waals surface area contributed by atoms with Crippen LogP contribution in [-0.4, -0.2) is 54.1 Å². The normalized spacial score (nSPS) is 15.7. The highest BCUT2D eigenvalue weighted by atomic mass is 19.1. The summed E-state index contributed by atoms with van der Waals surface area (Å²) >= 11 is 0. The lowest BCUT2D eigenvalue weighted by Gasteiger charge is -2.34. The first-order chi connectivity index (χ1) is 12.1. The molecule has 26 heavy (non-hydrogen) atoms. The van der Waals surface area contributed by atoms with Crippen LogP contribution in [0.4, 0.5) is 9.18 Å². The Labute approximate surface area is 155 Å². The molecule has 1 heterocycles. The Morgan fingerprint density at radius 1 is 1.27 bits per heavy atom. The maximum Gasteiger partial charge on any atom is 0.410 e. The number of amides is 2. The quantitative estimate of drug-likeness (QED) is 0.818. The van der Waals surface area contributed by atoms with E-state index in [-0.39, 0.29) is 17.6 Å². The lowest BCUT2D eigenvalue weighted by atomic mass is 9.95. The Balaban J connectivity index is 1.88. The highest BCUT2D eigenvalue weighted by molar-refractivity contribution is 5.94. The number of piperidine rings is 1. The molecule has 1 aliphatic heterocycles. The summed E-state index contributed by atoms with van der Waals surface area (Å²) in [5.41, 5.74) is 0.483. The van der Waals surface area contributed by atoms with Crippen LogP contribution in [0, 0.1) is 18.7 Å². The van der Waals surface area contributed by atoms with Gasteiger partial charge in [-0.3, -0.25) is 4.79 Å². The molecule has 0 saturated carbocycles. The molecular formula is C20H29FN2O3. The van der Waals surface area contributed by atoms with Gasteiger partial charge in [-0.2, -0.15) is 0 Å². The van der Waals surface area contributed by atoms with Crippen molar-refractivity contribution in [3.8, 4) is 0 Å². The van der Waals surface area contributed by atoms with Gasteiger partial charge in [0.15, 0.2) is 0 Å². The molecule has 2 amide bonds. The lowest BCUT2D eigenvalue weighted by molar-refractivity contribution is 0.0245. The number of benzene rings is 1. The lowest BCUT2D eigenvalue weighted by Crippen LogP contribution is -2.43. The second-order valence-corrected chi connectivity index (χ2v) is 8.08. The summed E-state index contributed by atoms with van der Waals surface area (Å²) in [7, 11) is 1.73. The molecule has 0 atom stereocenters. The minimum Gasteiger partial charge on any atom is -0.444 e. The van der Waals surface area contributed by atoms with Gasteiger partial charge in [0.25, 0.3) is 5.91 Å². The smallest absolute Gasteiger partial charge is 0.410 e. The second kappa shape index (κ2) is 8.06. The summed E-state index contributed by atoms with van der Waals surface area (Å²) in [4.78, 5) is 27.9. The van der Waals surface area contributed by atoms with Crippen molar-refractivity contribution in [3.63, 3.8) is 0 Å². The van der Waals surface area contributed by atoms with Gasteiger partial charge in [0.2, 0.25) is 0 Å². The Kier molecular flexibility index (Phi) is 6.26. The number of hydrogen-bond donors (Lipinski definition) is 0. The molecule has 0 aromatic heterocycles. The number of carbonyl (C=O) groups is 2. The van der Waals surface area contributed by atoms with Crippen molar-refractivity contribution in [3.05, 3.63) is 35.1 Å². The third-order valence-electron chi connectivity index (χ3n) is 4.49. The second-order valence-electron chi connectivity index (χ2n) is 8.08. The van der Waals surface area contributed by atoms with E-state index in [0.29, 0.717) is 25.6 Å². The van der Waals surface area contributed by atoms with Crippen molar-refractivity contribution < 1.29 is 18.7 Å². The number of aryl methyl sites for hydroxylation is 1. The van der Waals surface area contributed by atoms with E-state index in [1.807, 2.05) is 27.7 Å². The van der Waals surface area contributed by atoms with Crippen LogP contribution >= 0.6 is 0 Å². The standard InChI is InChI=1S/C20H29FN2O3/c1-14-6-7-17(21)16(12-14)18(24)23-10-8-15(9-11-23)13-22(5)19(25)26-20(2,3)4/h6-7,12,15H,8-11,13H2,1-5H3. The molecule has 1 fully saturated rings. The third-order valence-corrected chi connectivity index (χ3v) is 4.49. The minimum absolute atomic E-state index is 0.134. The summed E-state index contributed by atoms with van der Waals surface area (Å²) < 4.78 is 19.3. The summed E-state index contributed by atoms with van der Waals surface area (Å²) in [5.74, 6) is -0.434. The molecule has 0 bridgehead atoms. The summed E-state index contributed by atoms with van der Waals surface area (Å²) in [6.07, 6.45) is 1.23. The van der Waals surface area contributed by atoms with E-state index in [2.05, 4.69) is 0 Å². The Hall–Kier alpha value is -2.11. The summed E-state index contributed by atoms with van der Waals surface area (Å²) in [6.45, 7) is 9.09. The molecule has 0 N–H and O–H groups in total. The van der Waals surface area contributed by atoms with Gasteiger partial charge >= 0.3 is 6.09 Å². The highest BCUT2D eigenvalue weighted by Crippen LogP contribution is 2.22. The van der Waals surface area contributed by atoms with Crippen LogP contribution in [0.3, 0.4) is 0 Å². The summed E-state index contributed by atoms with van der Waals surface area (Å²) in [6, 6.07) is 4.59. The molecule has 144 valence electrons. The van der Waals surface area contributed by atoms with Crippen molar-refractivity contribution in [1.82, 2.24) is 9.80 Å². The fourth-order valence-electron chi connectivity index (χ4n) is 3.09. The molecule has 0 radical (unpaired) electrons. The number of halogens is 1. The predicted molar refractivity (Wildman–Crippen MR) is 98.6 cm³/mol. The van der Waals surface area contributed by atoms with Gasteiger partial charge in [-0.05, 0) is 58.6 Å². The van der Waals surface area contributed by atoms with Crippen LogP contribution in [0.1, 0.15) is 49.5 Å². The number of hydrogen-bond acceptors (Lipinski definition) is 3. The van der Waals surface area contributed by atoms with Gasteiger partial charge < -0.3 is 14.5 Å². The molecule has 1 aromatic rings. The van der Waals surface area contributed by atoms with E-state index < -0.39 is 11.4 Å². The van der Waals surface area contributed by atoms with Gasteiger partial charge in [-0.1, -0.05) is 11.6 Å². The largest absolute Gasteiger partial charge is 0.444 e. The molecule has 1 aliphatic rings. The Morgan fingerprint density at radius 3 is 2.46 bits per heavy atom. The molecule has 6 heteroatoms. The average molecular weight is 364 g/mol. The van der Waals surface area contributed by atoms with Crippen molar-refractivity contribution >= 4 is 12.0 Å². The molecule has 5 nitrogen and oxygen atoms in total. The zero-order valence-electron chi connectivity index (χ0n) is 16.3. The summed E-state index contributed by atoms with van der Waals surface area (Å²) in [5, 5.41) is 0. The fraction of sp³-hybridized carbons (Fsp3) is 0.600. The van der Waals surface area contributed by atoms with E-state index in [0.717, 1.165) is 18.4 Å². The number of likely N-dealkylation sites (tertiary alicyclic amines) is 1. The molecular weight excluding hydrogens is 335 g/mol. The molecule has 2 rings (SSSR count). The molecule has 0 aliphatic carbocycles. The average Bonchev–Trinajstić information content (AvgIpc) is 2.55. The fourth-order valence-corrected chi connectivity index (χ4v) is 3.09. The van der Waals surface area contributed by atoms with Crippen LogP contribution in [-0.2, 0) is 4.74 Å². The van der Waals surface area contributed by atoms with Gasteiger partial charge in [0, 0.05) is 26.7 Å². The number of rotatable bonds is 3. The third kappa shape index (κ3) is 5.44. The minimum atomic E-state index is -0.515. The zero-order valence-corrected chi connectivity index (χ0v) is 16.3. The first kappa shape index (κ1) is 20.2. The van der Waals surface area contributed by atoms with Crippen molar-refractivity contribution in [1.29, 1.82) is 0 Å². The topological polar surface area (TPSA) is 49.9 Å². The molecule has 1 aromatic carbocycles. The van der Waals surface area contributed by atoms with Crippen LogP contribution in [0.5, 0.6) is 0 Å². The van der Waals surface area contributed by atoms with Gasteiger partial charge in [-0.15, -0.1) is 0 Å². The van der Waals surface area contributed by atoms with E-state index in [1.54, 1.807) is 29.0 Å². The monoisotopic (exact) mass is 364 g/mol. The van der Waals surface area contributed by atoms with Crippen LogP contribution < -0.4 is 0 Å². The van der Waals surface area contributed by atoms with Crippen LogP contribution in [0.25, 0.3) is 0 Å².